The Morgan fingerprint density at radius 1 is 0.421 bits per heavy atom. The lowest BCUT2D eigenvalue weighted by atomic mass is 10.2. The van der Waals surface area contributed by atoms with Crippen LogP contribution in [0.15, 0.2) is 91.0 Å². The van der Waals surface area contributed by atoms with Crippen molar-refractivity contribution in [1.29, 1.82) is 0 Å². The smallest absolute Gasteiger partial charge is 0.434 e. The number of nitrogens with zero attached hydrogens (tertiary/aromatic N) is 3. The summed E-state index contributed by atoms with van der Waals surface area (Å²) in [7, 11) is 4.47. The normalized spacial score (nSPS) is 11.4. The average molecular weight is 787 g/mol. The lowest BCUT2D eigenvalue weighted by Gasteiger charge is -2.31. The minimum absolute atomic E-state index is 0.299. The van der Waals surface area contributed by atoms with Crippen LogP contribution < -0.4 is 45.5 Å². The number of anilines is 6. The van der Waals surface area contributed by atoms with Crippen molar-refractivity contribution >= 4 is 52.4 Å². The predicted molar refractivity (Wildman–Crippen MR) is 222 cm³/mol. The largest absolute Gasteiger partial charge is 0.494 e. The molecule has 306 valence electrons. The molecule has 0 spiro atoms. The molecule has 15 heteroatoms. The quantitative estimate of drug-likeness (QED) is 0.0926. The maximum absolute atomic E-state index is 13.9. The van der Waals surface area contributed by atoms with Crippen LogP contribution in [0.4, 0.5) is 48.5 Å². The van der Waals surface area contributed by atoms with Crippen molar-refractivity contribution in [3.05, 3.63) is 91.0 Å². The fourth-order valence-corrected chi connectivity index (χ4v) is 5.19. The van der Waals surface area contributed by atoms with Crippen LogP contribution in [0.25, 0.3) is 0 Å². The molecular formula is C42H54N6O9. The van der Waals surface area contributed by atoms with Crippen LogP contribution in [0.2, 0.25) is 0 Å². The van der Waals surface area contributed by atoms with Crippen LogP contribution in [-0.2, 0) is 14.2 Å². The third-order valence-electron chi connectivity index (χ3n) is 7.36. The third kappa shape index (κ3) is 12.2. The minimum Gasteiger partial charge on any atom is -0.494 e. The topological polar surface area (TPSA) is 152 Å². The molecule has 0 saturated carbocycles. The zero-order valence-electron chi connectivity index (χ0n) is 34.7. The molecule has 0 fully saturated rings. The van der Waals surface area contributed by atoms with Crippen molar-refractivity contribution in [2.75, 3.05) is 52.6 Å². The third-order valence-corrected chi connectivity index (χ3v) is 7.36. The molecular weight excluding hydrogens is 732 g/mol. The molecule has 4 aromatic carbocycles. The molecule has 3 N–H and O–H groups in total. The second-order valence-corrected chi connectivity index (χ2v) is 15.6. The number of amides is 3. The number of hydrogen-bond donors (Lipinski definition) is 3. The monoisotopic (exact) mass is 786 g/mol. The van der Waals surface area contributed by atoms with Crippen LogP contribution in [0, 0.1) is 0 Å². The number of methoxy groups -OCH3 is 3. The highest BCUT2D eigenvalue weighted by Crippen LogP contribution is 2.35. The number of ether oxygens (including phenoxy) is 6. The molecule has 3 amide bonds. The molecule has 0 aliphatic rings. The number of hydrogen-bond acceptors (Lipinski definition) is 12. The molecule has 0 bridgehead atoms. The number of nitrogens with one attached hydrogen (secondary N) is 3. The second-order valence-electron chi connectivity index (χ2n) is 15.6. The highest BCUT2D eigenvalue weighted by Gasteiger charge is 2.30. The molecule has 4 aromatic rings. The summed E-state index contributed by atoms with van der Waals surface area (Å²) in [5, 5.41) is 3.60. The first-order valence-electron chi connectivity index (χ1n) is 18.2. The van der Waals surface area contributed by atoms with E-state index in [4.69, 9.17) is 28.4 Å². The molecule has 0 radical (unpaired) electrons. The van der Waals surface area contributed by atoms with Crippen molar-refractivity contribution in [2.45, 2.75) is 79.1 Å². The van der Waals surface area contributed by atoms with E-state index < -0.39 is 35.1 Å². The Kier molecular flexibility index (Phi) is 13.6. The maximum Gasteiger partial charge on any atom is 0.434 e. The molecule has 0 aromatic heterocycles. The highest BCUT2D eigenvalue weighted by atomic mass is 16.6. The van der Waals surface area contributed by atoms with Crippen LogP contribution in [0.5, 0.6) is 17.2 Å². The van der Waals surface area contributed by atoms with Crippen LogP contribution in [-0.4, -0.2) is 56.4 Å². The van der Waals surface area contributed by atoms with E-state index in [1.807, 2.05) is 0 Å². The molecule has 0 saturated heterocycles. The van der Waals surface area contributed by atoms with Gasteiger partial charge in [0.05, 0.1) is 38.4 Å². The number of carbonyl (C=O) groups excluding carboxylic acids is 3. The summed E-state index contributed by atoms with van der Waals surface area (Å²) in [6.07, 6.45) is -2.23. The Balaban J connectivity index is 1.94. The Bertz CT molecular complexity index is 1780. The van der Waals surface area contributed by atoms with E-state index in [2.05, 4.69) is 16.3 Å². The van der Waals surface area contributed by atoms with E-state index >= 15 is 0 Å². The van der Waals surface area contributed by atoms with E-state index in [0.29, 0.717) is 51.4 Å². The van der Waals surface area contributed by atoms with Gasteiger partial charge in [-0.15, -0.1) is 0 Å². The van der Waals surface area contributed by atoms with Crippen molar-refractivity contribution in [2.24, 2.45) is 0 Å². The molecule has 0 unspecified atom stereocenters. The van der Waals surface area contributed by atoms with Crippen molar-refractivity contribution in [1.82, 2.24) is 0 Å². The van der Waals surface area contributed by atoms with Gasteiger partial charge in [0.15, 0.2) is 0 Å². The average Bonchev–Trinajstić information content (AvgIpc) is 3.12. The molecule has 57 heavy (non-hydrogen) atoms. The van der Waals surface area contributed by atoms with Gasteiger partial charge in [0, 0.05) is 0 Å². The number of benzene rings is 4. The molecule has 0 atom stereocenters. The Morgan fingerprint density at radius 2 is 0.649 bits per heavy atom. The van der Waals surface area contributed by atoms with Gasteiger partial charge in [-0.25, -0.2) is 14.4 Å². The zero-order chi connectivity index (χ0) is 42.1. The van der Waals surface area contributed by atoms with Gasteiger partial charge < -0.3 is 28.4 Å². The Morgan fingerprint density at radius 3 is 0.860 bits per heavy atom. The summed E-state index contributed by atoms with van der Waals surface area (Å²) in [6, 6.07) is 25.7. The first-order valence-corrected chi connectivity index (χ1v) is 18.2. The van der Waals surface area contributed by atoms with Gasteiger partial charge in [0.1, 0.15) is 51.1 Å². The highest BCUT2D eigenvalue weighted by molar-refractivity contribution is 5.96. The Labute approximate surface area is 334 Å². The maximum atomic E-state index is 13.9. The fourth-order valence-electron chi connectivity index (χ4n) is 5.19. The number of para-hydroxylation sites is 6. The number of carbonyl (C=O) groups is 3. The van der Waals surface area contributed by atoms with Crippen LogP contribution >= 0.6 is 0 Å². The van der Waals surface area contributed by atoms with Gasteiger partial charge in [0.25, 0.3) is 0 Å². The lowest BCUT2D eigenvalue weighted by Crippen LogP contribution is -2.42. The van der Waals surface area contributed by atoms with Crippen molar-refractivity contribution in [3.8, 4) is 17.2 Å². The van der Waals surface area contributed by atoms with E-state index in [0.717, 1.165) is 0 Å². The van der Waals surface area contributed by atoms with Crippen LogP contribution in [0.1, 0.15) is 62.3 Å². The van der Waals surface area contributed by atoms with Gasteiger partial charge in [-0.3, -0.25) is 16.3 Å². The van der Waals surface area contributed by atoms with Gasteiger partial charge in [-0.2, -0.15) is 15.0 Å². The molecule has 0 aliphatic heterocycles. The van der Waals surface area contributed by atoms with E-state index in [-0.39, 0.29) is 0 Å². The minimum atomic E-state index is -0.861. The van der Waals surface area contributed by atoms with Gasteiger partial charge >= 0.3 is 18.3 Å². The summed E-state index contributed by atoms with van der Waals surface area (Å²) in [4.78, 5) is 41.7. The summed E-state index contributed by atoms with van der Waals surface area (Å²) in [6.45, 7) is 15.8. The van der Waals surface area contributed by atoms with E-state index in [1.54, 1.807) is 153 Å². The predicted octanol–water partition coefficient (Wildman–Crippen LogP) is 10.0. The van der Waals surface area contributed by atoms with E-state index in [9.17, 15) is 14.4 Å². The zero-order valence-corrected chi connectivity index (χ0v) is 34.7. The number of rotatable bonds is 12. The molecule has 0 aliphatic carbocycles. The standard InChI is InChI=1S/C42H54N6O9/c1-40(2,3)55-37(49)46(31-19-13-16-22-34(31)52-10)43-28-25-29(44-47(38(50)56-41(4,5)6)32-20-14-17-23-35(32)53-11)27-30(26-28)45-48(39(51)57-42(7,8)9)33-21-15-18-24-36(33)54-12/h13-27,43-45H,1-12H3. The summed E-state index contributed by atoms with van der Waals surface area (Å²) >= 11 is 0. The molecule has 15 nitrogen and oxygen atoms in total. The first kappa shape index (κ1) is 43.2. The van der Waals surface area contributed by atoms with Gasteiger partial charge in [-0.05, 0) is 117 Å². The summed E-state index contributed by atoms with van der Waals surface area (Å²) in [5.74, 6) is 1.13. The van der Waals surface area contributed by atoms with Gasteiger partial charge in [0.2, 0.25) is 0 Å². The summed E-state index contributed by atoms with van der Waals surface area (Å²) in [5.41, 5.74) is 8.82. The SMILES string of the molecule is COc1ccccc1N(Nc1cc(NN(C(=O)OC(C)(C)C)c2ccccc2OC)cc(NN(C(=O)OC(C)(C)C)c2ccccc2OC)c1)C(=O)OC(C)(C)C. The molecule has 4 rings (SSSR count). The lowest BCUT2D eigenvalue weighted by molar-refractivity contribution is 0.0577. The van der Waals surface area contributed by atoms with Crippen molar-refractivity contribution in [3.63, 3.8) is 0 Å². The molecule has 0 heterocycles. The van der Waals surface area contributed by atoms with Gasteiger partial charge in [-0.1, -0.05) is 36.4 Å². The summed E-state index contributed by atoms with van der Waals surface area (Å²) < 4.78 is 34.3. The van der Waals surface area contributed by atoms with Crippen molar-refractivity contribution < 1.29 is 42.8 Å². The first-order chi connectivity index (χ1) is 26.7. The fraction of sp³-hybridized carbons (Fsp3) is 0.357. The van der Waals surface area contributed by atoms with Crippen LogP contribution in [0.3, 0.4) is 0 Å². The number of hydrazine groups is 3. The van der Waals surface area contributed by atoms with E-state index in [1.165, 1.54) is 36.4 Å². The second kappa shape index (κ2) is 18.0. The Hall–Kier alpha value is -6.51.